The predicted molar refractivity (Wildman–Crippen MR) is 164 cm³/mol. The molecular weight excluding hydrogens is 568 g/mol. The van der Waals surface area contributed by atoms with E-state index in [0.29, 0.717) is 41.5 Å². The number of amides is 1. The minimum absolute atomic E-state index is 0.00285. The van der Waals surface area contributed by atoms with Gasteiger partial charge < -0.3 is 19.3 Å². The molecule has 2 aromatic carbocycles. The van der Waals surface area contributed by atoms with E-state index in [1.54, 1.807) is 49.4 Å². The van der Waals surface area contributed by atoms with E-state index in [1.165, 1.54) is 11.0 Å². The zero-order valence-electron chi connectivity index (χ0n) is 24.6. The number of anilines is 1. The van der Waals surface area contributed by atoms with Crippen LogP contribution in [-0.4, -0.2) is 47.1 Å². The van der Waals surface area contributed by atoms with Crippen molar-refractivity contribution in [2.45, 2.75) is 52.7 Å². The molecule has 2 aliphatic rings. The van der Waals surface area contributed by atoms with Crippen LogP contribution in [0.3, 0.4) is 0 Å². The number of rotatable bonds is 10. The second-order valence-corrected chi connectivity index (χ2v) is 12.0. The van der Waals surface area contributed by atoms with Gasteiger partial charge in [0.2, 0.25) is 0 Å². The van der Waals surface area contributed by atoms with Crippen molar-refractivity contribution in [2.24, 2.45) is 5.92 Å². The molecule has 0 radical (unpaired) electrons. The predicted octanol–water partition coefficient (Wildman–Crippen LogP) is 6.17. The van der Waals surface area contributed by atoms with Crippen LogP contribution in [0.1, 0.15) is 65.3 Å². The third kappa shape index (κ3) is 6.06. The zero-order valence-corrected chi connectivity index (χ0v) is 25.4. The summed E-state index contributed by atoms with van der Waals surface area (Å²) in [6.07, 6.45) is 2.96. The molecule has 1 aromatic heterocycles. The number of Topliss-reactive ketones (excluding diaryl/α,β-unsaturated/α-hetero) is 1. The molecular formula is C33H34N2O7S. The molecule has 2 aliphatic heterocycles. The summed E-state index contributed by atoms with van der Waals surface area (Å²) in [5.74, 6) is -0.894. The molecule has 0 saturated carbocycles. The van der Waals surface area contributed by atoms with E-state index < -0.39 is 23.7 Å². The van der Waals surface area contributed by atoms with Crippen LogP contribution in [0.5, 0.6) is 11.5 Å². The highest BCUT2D eigenvalue weighted by atomic mass is 32.1. The van der Waals surface area contributed by atoms with Gasteiger partial charge in [-0.05, 0) is 67.6 Å². The first kappa shape index (κ1) is 30.0. The van der Waals surface area contributed by atoms with Crippen LogP contribution in [-0.2, 0) is 20.7 Å². The summed E-state index contributed by atoms with van der Waals surface area (Å²) in [4.78, 5) is 46.0. The van der Waals surface area contributed by atoms with E-state index >= 15 is 0 Å². The van der Waals surface area contributed by atoms with E-state index in [9.17, 15) is 19.5 Å². The van der Waals surface area contributed by atoms with E-state index in [4.69, 9.17) is 14.2 Å². The minimum atomic E-state index is -1.03. The smallest absolute Gasteiger partial charge is 0.350 e. The van der Waals surface area contributed by atoms with Gasteiger partial charge in [-0.15, -0.1) is 0 Å². The Morgan fingerprint density at radius 3 is 2.79 bits per heavy atom. The quantitative estimate of drug-likeness (QED) is 0.0964. The van der Waals surface area contributed by atoms with Crippen LogP contribution in [0.4, 0.5) is 5.13 Å². The fraction of sp³-hybridized carbons (Fsp3) is 0.333. The van der Waals surface area contributed by atoms with Crippen molar-refractivity contribution in [3.05, 3.63) is 88.0 Å². The Balaban J connectivity index is 1.62. The molecule has 0 bridgehead atoms. The molecule has 0 spiro atoms. The van der Waals surface area contributed by atoms with Crippen molar-refractivity contribution in [2.75, 3.05) is 18.1 Å². The lowest BCUT2D eigenvalue weighted by atomic mass is 9.94. The molecule has 0 aliphatic carbocycles. The van der Waals surface area contributed by atoms with Crippen molar-refractivity contribution < 1.29 is 33.7 Å². The molecule has 1 amide bonds. The van der Waals surface area contributed by atoms with Crippen LogP contribution >= 0.6 is 11.3 Å². The summed E-state index contributed by atoms with van der Waals surface area (Å²) >= 11 is 0.948. The molecule has 9 nitrogen and oxygen atoms in total. The van der Waals surface area contributed by atoms with Crippen LogP contribution in [0.25, 0.3) is 5.76 Å². The minimum Gasteiger partial charge on any atom is -0.507 e. The fourth-order valence-electron chi connectivity index (χ4n) is 5.13. The first-order valence-corrected chi connectivity index (χ1v) is 15.0. The summed E-state index contributed by atoms with van der Waals surface area (Å²) in [6.45, 7) is 11.9. The third-order valence-corrected chi connectivity index (χ3v) is 8.40. The normalized spacial score (nSPS) is 19.0. The molecule has 2 atom stereocenters. The summed E-state index contributed by atoms with van der Waals surface area (Å²) < 4.78 is 17.0. The largest absolute Gasteiger partial charge is 0.507 e. The molecule has 0 unspecified atom stereocenters. The average molecular weight is 603 g/mol. The Morgan fingerprint density at radius 1 is 1.26 bits per heavy atom. The van der Waals surface area contributed by atoms with Gasteiger partial charge in [-0.2, -0.15) is 0 Å². The number of thiazole rings is 1. The lowest BCUT2D eigenvalue weighted by Crippen LogP contribution is -2.29. The monoisotopic (exact) mass is 602 g/mol. The zero-order chi connectivity index (χ0) is 30.8. The third-order valence-electron chi connectivity index (χ3n) is 7.26. The number of aliphatic hydroxyl groups is 1. The number of aliphatic hydroxyl groups excluding tert-OH is 1. The van der Waals surface area contributed by atoms with Crippen LogP contribution in [0, 0.1) is 12.8 Å². The highest BCUT2D eigenvalue weighted by Crippen LogP contribution is 2.45. The molecule has 10 heteroatoms. The molecule has 1 N–H and O–H groups in total. The fourth-order valence-corrected chi connectivity index (χ4v) is 6.12. The number of esters is 1. The lowest BCUT2D eigenvalue weighted by molar-refractivity contribution is -0.132. The first-order valence-electron chi connectivity index (χ1n) is 14.2. The Labute approximate surface area is 254 Å². The van der Waals surface area contributed by atoms with Gasteiger partial charge in [-0.25, -0.2) is 9.78 Å². The second-order valence-electron chi connectivity index (χ2n) is 11.0. The van der Waals surface area contributed by atoms with Crippen molar-refractivity contribution in [1.82, 2.24) is 4.98 Å². The van der Waals surface area contributed by atoms with Crippen LogP contribution < -0.4 is 14.4 Å². The summed E-state index contributed by atoms with van der Waals surface area (Å²) in [5.41, 5.74) is 2.12. The van der Waals surface area contributed by atoms with Gasteiger partial charge in [0.1, 0.15) is 34.8 Å². The molecule has 224 valence electrons. The lowest BCUT2D eigenvalue weighted by Gasteiger charge is -2.23. The SMILES string of the molecule is C=CCOC(=O)c1sc(N2C(=O)C(=O)C(=C(O)c3ccc4c(c3)C[C@H](C)O4)[C@H]2c2cccc(OCCC(C)C)c2)nc1C. The van der Waals surface area contributed by atoms with Crippen molar-refractivity contribution in [3.8, 4) is 11.5 Å². The Bertz CT molecular complexity index is 1620. The van der Waals surface area contributed by atoms with Gasteiger partial charge in [0.05, 0.1) is 23.9 Å². The van der Waals surface area contributed by atoms with Gasteiger partial charge >= 0.3 is 11.9 Å². The highest BCUT2D eigenvalue weighted by molar-refractivity contribution is 7.17. The van der Waals surface area contributed by atoms with Crippen LogP contribution in [0.2, 0.25) is 0 Å². The maximum atomic E-state index is 13.7. The Kier molecular flexibility index (Phi) is 8.68. The number of carbonyl (C=O) groups is 3. The van der Waals surface area contributed by atoms with E-state index in [2.05, 4.69) is 25.4 Å². The number of aromatic nitrogens is 1. The maximum Gasteiger partial charge on any atom is 0.350 e. The van der Waals surface area contributed by atoms with E-state index in [-0.39, 0.29) is 34.1 Å². The van der Waals surface area contributed by atoms with E-state index in [0.717, 1.165) is 29.1 Å². The Hall–Kier alpha value is -4.44. The maximum absolute atomic E-state index is 13.7. The van der Waals surface area contributed by atoms with Gasteiger partial charge in [0, 0.05) is 12.0 Å². The number of nitrogens with zero attached hydrogens (tertiary/aromatic N) is 2. The molecule has 43 heavy (non-hydrogen) atoms. The number of carbonyl (C=O) groups excluding carboxylic acids is 3. The first-order chi connectivity index (χ1) is 20.6. The van der Waals surface area contributed by atoms with Gasteiger partial charge in [0.15, 0.2) is 5.13 Å². The van der Waals surface area contributed by atoms with Gasteiger partial charge in [0.25, 0.3) is 5.78 Å². The number of hydrogen-bond donors (Lipinski definition) is 1. The average Bonchev–Trinajstić information content (AvgIpc) is 3.62. The number of ketones is 1. The second kappa shape index (κ2) is 12.4. The molecule has 3 heterocycles. The topological polar surface area (TPSA) is 115 Å². The Morgan fingerprint density at radius 2 is 2.05 bits per heavy atom. The van der Waals surface area contributed by atoms with Gasteiger partial charge in [-0.1, -0.05) is 50.0 Å². The molecule has 5 rings (SSSR count). The molecule has 1 saturated heterocycles. The highest BCUT2D eigenvalue weighted by Gasteiger charge is 2.48. The summed E-state index contributed by atoms with van der Waals surface area (Å²) in [6, 6.07) is 11.3. The summed E-state index contributed by atoms with van der Waals surface area (Å²) in [7, 11) is 0. The number of hydrogen-bond acceptors (Lipinski definition) is 9. The van der Waals surface area contributed by atoms with Crippen LogP contribution in [0.15, 0.2) is 60.7 Å². The summed E-state index contributed by atoms with van der Waals surface area (Å²) in [5, 5.41) is 11.8. The van der Waals surface area contributed by atoms with Crippen molar-refractivity contribution in [3.63, 3.8) is 0 Å². The van der Waals surface area contributed by atoms with E-state index in [1.807, 2.05) is 6.92 Å². The standard InChI is InChI=1S/C33H34N2O7S/c1-6-13-41-32(39)30-20(5)34-33(43-30)35-27(21-8-7-9-24(17-21)40-14-12-18(2)3)26(29(37)31(35)38)28(36)22-10-11-25-23(16-22)15-19(4)42-25/h6-11,16-19,27,36H,1,12-15H2,2-5H3/t19-,27+/m0/s1. The molecule has 3 aromatic rings. The number of aryl methyl sites for hydroxylation is 1. The van der Waals surface area contributed by atoms with Crippen molar-refractivity contribution in [1.29, 1.82) is 0 Å². The number of fused-ring (bicyclic) bond motifs is 1. The van der Waals surface area contributed by atoms with Crippen molar-refractivity contribution >= 4 is 39.9 Å². The van der Waals surface area contributed by atoms with Gasteiger partial charge in [-0.3, -0.25) is 14.5 Å². The molecule has 1 fully saturated rings. The number of benzene rings is 2. The number of ether oxygens (including phenoxy) is 3.